The fourth-order valence-corrected chi connectivity index (χ4v) is 1.46. The van der Waals surface area contributed by atoms with E-state index in [2.05, 4.69) is 24.2 Å². The second-order valence-corrected chi connectivity index (χ2v) is 3.69. The molecule has 0 spiro atoms. The highest BCUT2D eigenvalue weighted by Gasteiger charge is 2.11. The van der Waals surface area contributed by atoms with Gasteiger partial charge in [-0.25, -0.2) is 9.13 Å². The maximum atomic E-state index is 8.55. The molecule has 1 aromatic heterocycles. The molecule has 0 atom stereocenters. The number of allylic oxidation sites excluding steroid dienone is 1. The molecule has 5 heteroatoms. The van der Waals surface area contributed by atoms with E-state index in [9.17, 15) is 0 Å². The van der Waals surface area contributed by atoms with Crippen molar-refractivity contribution in [2.75, 3.05) is 6.61 Å². The Morgan fingerprint density at radius 3 is 3.06 bits per heavy atom. The van der Waals surface area contributed by atoms with Gasteiger partial charge in [-0.15, -0.1) is 0 Å². The number of oxime groups is 1. The Hall–Kier alpha value is -1.62. The summed E-state index contributed by atoms with van der Waals surface area (Å²) in [5.74, 6) is 0.789. The first kappa shape index (κ1) is 13.4. The van der Waals surface area contributed by atoms with E-state index in [1.165, 1.54) is 6.21 Å². The molecular weight excluding hydrogens is 218 g/mol. The van der Waals surface area contributed by atoms with Crippen LogP contribution in [0.2, 0.25) is 0 Å². The normalized spacial score (nSPS) is 11.9. The van der Waals surface area contributed by atoms with Crippen molar-refractivity contribution in [1.29, 1.82) is 0 Å². The molecule has 0 saturated heterocycles. The lowest BCUT2D eigenvalue weighted by Crippen LogP contribution is -2.32. The van der Waals surface area contributed by atoms with E-state index in [1.807, 2.05) is 28.6 Å². The van der Waals surface area contributed by atoms with Gasteiger partial charge in [-0.05, 0) is 12.8 Å². The minimum Gasteiger partial charge on any atom is -0.411 e. The van der Waals surface area contributed by atoms with E-state index in [0.717, 1.165) is 18.7 Å². The Labute approximate surface area is 102 Å². The molecule has 0 saturated carbocycles. The summed E-state index contributed by atoms with van der Waals surface area (Å²) >= 11 is 0. The second-order valence-electron chi connectivity index (χ2n) is 3.69. The van der Waals surface area contributed by atoms with Gasteiger partial charge in [0.05, 0.1) is 13.7 Å². The molecule has 0 aliphatic heterocycles. The van der Waals surface area contributed by atoms with Crippen LogP contribution >= 0.6 is 0 Å². The molecule has 94 valence electrons. The van der Waals surface area contributed by atoms with Gasteiger partial charge in [-0.2, -0.15) is 0 Å². The number of imidazole rings is 1. The van der Waals surface area contributed by atoms with Crippen LogP contribution in [-0.2, 0) is 18.5 Å². The molecule has 0 aromatic carbocycles. The van der Waals surface area contributed by atoms with Gasteiger partial charge < -0.3 is 9.94 Å². The van der Waals surface area contributed by atoms with Gasteiger partial charge in [-0.3, -0.25) is 0 Å². The van der Waals surface area contributed by atoms with E-state index in [-0.39, 0.29) is 0 Å². The molecule has 0 aliphatic carbocycles. The van der Waals surface area contributed by atoms with Crippen LogP contribution in [0.25, 0.3) is 0 Å². The first-order valence-corrected chi connectivity index (χ1v) is 5.74. The molecule has 0 radical (unpaired) electrons. The summed E-state index contributed by atoms with van der Waals surface area (Å²) in [6.07, 6.45) is 11.4. The molecule has 5 nitrogen and oxygen atoms in total. The van der Waals surface area contributed by atoms with Crippen LogP contribution in [-0.4, -0.2) is 22.6 Å². The SMILES string of the molecule is CC/C=C/CCOCn1cc[n+](C)c1/C=N/O. The highest BCUT2D eigenvalue weighted by atomic mass is 16.5. The van der Waals surface area contributed by atoms with Gasteiger partial charge in [0.15, 0.2) is 12.9 Å². The van der Waals surface area contributed by atoms with E-state index < -0.39 is 0 Å². The minimum absolute atomic E-state index is 0.460. The average Bonchev–Trinajstić information content (AvgIpc) is 2.66. The van der Waals surface area contributed by atoms with Gasteiger partial charge in [0.25, 0.3) is 0 Å². The first-order valence-electron chi connectivity index (χ1n) is 5.74. The number of hydrogen-bond donors (Lipinski definition) is 1. The van der Waals surface area contributed by atoms with Gasteiger partial charge in [0, 0.05) is 0 Å². The van der Waals surface area contributed by atoms with Crippen molar-refractivity contribution in [1.82, 2.24) is 4.57 Å². The lowest BCUT2D eigenvalue weighted by atomic mass is 10.3. The monoisotopic (exact) mass is 238 g/mol. The third-order valence-corrected chi connectivity index (χ3v) is 2.36. The lowest BCUT2D eigenvalue weighted by Gasteiger charge is -2.00. The number of rotatable bonds is 7. The van der Waals surface area contributed by atoms with Crippen LogP contribution in [0.1, 0.15) is 25.6 Å². The second kappa shape index (κ2) is 7.62. The standard InChI is InChI=1S/C12H19N3O2/c1-3-4-5-6-9-17-11-15-8-7-14(2)12(15)10-13-16/h4-5,7-8,10H,3,6,9,11H2,1-2H3/p+1/b5-4+. The number of aromatic nitrogens is 2. The largest absolute Gasteiger partial charge is 0.411 e. The van der Waals surface area contributed by atoms with Crippen LogP contribution in [0.5, 0.6) is 0 Å². The molecular formula is C12H20N3O2+. The Morgan fingerprint density at radius 1 is 1.53 bits per heavy atom. The van der Waals surface area contributed by atoms with Crippen LogP contribution < -0.4 is 4.57 Å². The van der Waals surface area contributed by atoms with Crippen molar-refractivity contribution in [2.24, 2.45) is 12.2 Å². The molecule has 1 rings (SSSR count). The van der Waals surface area contributed by atoms with Gasteiger partial charge in [-0.1, -0.05) is 24.2 Å². The van der Waals surface area contributed by atoms with Crippen molar-refractivity contribution >= 4 is 6.21 Å². The van der Waals surface area contributed by atoms with Gasteiger partial charge in [0.1, 0.15) is 12.4 Å². The van der Waals surface area contributed by atoms with Gasteiger partial charge >= 0.3 is 5.82 Å². The van der Waals surface area contributed by atoms with E-state index in [4.69, 9.17) is 9.94 Å². The predicted molar refractivity (Wildman–Crippen MR) is 65.0 cm³/mol. The minimum atomic E-state index is 0.460. The highest BCUT2D eigenvalue weighted by Crippen LogP contribution is 1.95. The molecule has 0 fully saturated rings. The Morgan fingerprint density at radius 2 is 2.35 bits per heavy atom. The van der Waals surface area contributed by atoms with Crippen molar-refractivity contribution < 1.29 is 14.5 Å². The summed E-state index contributed by atoms with van der Waals surface area (Å²) in [5, 5.41) is 11.6. The maximum absolute atomic E-state index is 8.55. The smallest absolute Gasteiger partial charge is 0.305 e. The summed E-state index contributed by atoms with van der Waals surface area (Å²) in [6.45, 7) is 3.26. The third-order valence-electron chi connectivity index (χ3n) is 2.36. The summed E-state index contributed by atoms with van der Waals surface area (Å²) in [6, 6.07) is 0. The van der Waals surface area contributed by atoms with E-state index in [0.29, 0.717) is 13.3 Å². The number of hydrogen-bond acceptors (Lipinski definition) is 3. The summed E-state index contributed by atoms with van der Waals surface area (Å²) < 4.78 is 9.26. The zero-order valence-electron chi connectivity index (χ0n) is 10.4. The first-order chi connectivity index (χ1) is 8.29. The molecule has 17 heavy (non-hydrogen) atoms. The fourth-order valence-electron chi connectivity index (χ4n) is 1.46. The summed E-state index contributed by atoms with van der Waals surface area (Å²) in [5.41, 5.74) is 0. The van der Waals surface area contributed by atoms with Crippen LogP contribution in [0, 0.1) is 0 Å². The zero-order valence-corrected chi connectivity index (χ0v) is 10.4. The molecule has 0 amide bonds. The molecule has 0 bridgehead atoms. The van der Waals surface area contributed by atoms with Crippen molar-refractivity contribution in [3.05, 3.63) is 30.4 Å². The Balaban J connectivity index is 2.39. The zero-order chi connectivity index (χ0) is 12.5. The third kappa shape index (κ3) is 4.40. The molecule has 1 N–H and O–H groups in total. The quantitative estimate of drug-likeness (QED) is 0.195. The van der Waals surface area contributed by atoms with Crippen LogP contribution in [0.4, 0.5) is 0 Å². The Kier molecular flexibility index (Phi) is 6.03. The van der Waals surface area contributed by atoms with Crippen molar-refractivity contribution in [3.8, 4) is 0 Å². The summed E-state index contributed by atoms with van der Waals surface area (Å²) in [4.78, 5) is 0. The lowest BCUT2D eigenvalue weighted by molar-refractivity contribution is -0.672. The predicted octanol–water partition coefficient (Wildman–Crippen LogP) is 1.45. The summed E-state index contributed by atoms with van der Waals surface area (Å²) in [7, 11) is 1.89. The highest BCUT2D eigenvalue weighted by molar-refractivity contribution is 5.72. The Bertz CT molecular complexity index is 383. The molecule has 0 aliphatic rings. The van der Waals surface area contributed by atoms with Crippen LogP contribution in [0.15, 0.2) is 29.7 Å². The number of nitrogens with zero attached hydrogens (tertiary/aromatic N) is 3. The average molecular weight is 238 g/mol. The molecule has 0 unspecified atom stereocenters. The van der Waals surface area contributed by atoms with Crippen molar-refractivity contribution in [3.63, 3.8) is 0 Å². The fraction of sp³-hybridized carbons (Fsp3) is 0.500. The number of aryl methyl sites for hydroxylation is 1. The molecule has 1 heterocycles. The van der Waals surface area contributed by atoms with Gasteiger partial charge in [0.2, 0.25) is 0 Å². The van der Waals surface area contributed by atoms with Crippen LogP contribution in [0.3, 0.4) is 0 Å². The molecule has 1 aromatic rings. The number of ether oxygens (including phenoxy) is 1. The van der Waals surface area contributed by atoms with E-state index >= 15 is 0 Å². The topological polar surface area (TPSA) is 50.6 Å². The maximum Gasteiger partial charge on any atom is 0.305 e. The van der Waals surface area contributed by atoms with E-state index in [1.54, 1.807) is 0 Å². The van der Waals surface area contributed by atoms with Crippen molar-refractivity contribution in [2.45, 2.75) is 26.5 Å².